The van der Waals surface area contributed by atoms with Gasteiger partial charge in [0.15, 0.2) is 0 Å². The standard InChI is InChI=1S/C17H18ClNO4/c1-10-5-15(20)23-16-12(10)6-14(18)17-13(16)8-19(9-22-17)7-11-3-2-4-21-11/h5-6,11H,2-4,7-9H2,1H3. The summed E-state index contributed by atoms with van der Waals surface area (Å²) in [7, 11) is 0. The molecule has 0 spiro atoms. The lowest BCUT2D eigenvalue weighted by Gasteiger charge is -2.31. The third-order valence-corrected chi connectivity index (χ3v) is 4.78. The summed E-state index contributed by atoms with van der Waals surface area (Å²) in [5.74, 6) is 0.622. The molecule has 122 valence electrons. The van der Waals surface area contributed by atoms with E-state index in [4.69, 9.17) is 25.5 Å². The maximum Gasteiger partial charge on any atom is 0.336 e. The highest BCUT2D eigenvalue weighted by Gasteiger charge is 2.27. The van der Waals surface area contributed by atoms with Gasteiger partial charge in [0.05, 0.1) is 16.7 Å². The third kappa shape index (κ3) is 2.73. The van der Waals surface area contributed by atoms with Gasteiger partial charge in [0, 0.05) is 31.1 Å². The summed E-state index contributed by atoms with van der Waals surface area (Å²) in [6.45, 7) is 4.63. The van der Waals surface area contributed by atoms with Gasteiger partial charge in [0.1, 0.15) is 18.1 Å². The maximum atomic E-state index is 11.8. The Morgan fingerprint density at radius 2 is 2.26 bits per heavy atom. The first-order valence-electron chi connectivity index (χ1n) is 7.84. The van der Waals surface area contributed by atoms with Gasteiger partial charge in [-0.3, -0.25) is 4.90 Å². The number of halogens is 1. The predicted octanol–water partition coefficient (Wildman–Crippen LogP) is 3.09. The Balaban J connectivity index is 1.74. The van der Waals surface area contributed by atoms with Gasteiger partial charge in [-0.2, -0.15) is 0 Å². The van der Waals surface area contributed by atoms with E-state index in [0.29, 0.717) is 29.6 Å². The number of benzene rings is 1. The second-order valence-electron chi connectivity index (χ2n) is 6.21. The molecular weight excluding hydrogens is 318 g/mol. The van der Waals surface area contributed by atoms with E-state index in [2.05, 4.69) is 4.90 Å². The van der Waals surface area contributed by atoms with Crippen molar-refractivity contribution in [1.29, 1.82) is 0 Å². The van der Waals surface area contributed by atoms with Gasteiger partial charge in [-0.05, 0) is 31.4 Å². The topological polar surface area (TPSA) is 51.9 Å². The predicted molar refractivity (Wildman–Crippen MR) is 87.1 cm³/mol. The van der Waals surface area contributed by atoms with Gasteiger partial charge in [-0.15, -0.1) is 0 Å². The minimum atomic E-state index is -0.351. The first-order chi connectivity index (χ1) is 11.1. The number of ether oxygens (including phenoxy) is 2. The van der Waals surface area contributed by atoms with E-state index < -0.39 is 0 Å². The van der Waals surface area contributed by atoms with E-state index in [1.54, 1.807) is 0 Å². The average molecular weight is 336 g/mol. The summed E-state index contributed by atoms with van der Waals surface area (Å²) in [4.78, 5) is 13.9. The maximum absolute atomic E-state index is 11.8. The van der Waals surface area contributed by atoms with Crippen LogP contribution in [0.3, 0.4) is 0 Å². The monoisotopic (exact) mass is 335 g/mol. The molecule has 1 aromatic heterocycles. The molecule has 0 bridgehead atoms. The van der Waals surface area contributed by atoms with E-state index in [9.17, 15) is 4.79 Å². The molecule has 1 unspecified atom stereocenters. The summed E-state index contributed by atoms with van der Waals surface area (Å²) < 4.78 is 17.0. The summed E-state index contributed by atoms with van der Waals surface area (Å²) >= 11 is 6.36. The Kier molecular flexibility index (Phi) is 3.79. The molecule has 1 saturated heterocycles. The van der Waals surface area contributed by atoms with Crippen molar-refractivity contribution in [1.82, 2.24) is 4.90 Å². The second-order valence-corrected chi connectivity index (χ2v) is 6.62. The second kappa shape index (κ2) is 5.82. The summed E-state index contributed by atoms with van der Waals surface area (Å²) in [5.41, 5.74) is 1.93. The Morgan fingerprint density at radius 3 is 3.04 bits per heavy atom. The quantitative estimate of drug-likeness (QED) is 0.789. The normalized spacial score (nSPS) is 21.4. The minimum Gasteiger partial charge on any atom is -0.476 e. The Morgan fingerprint density at radius 1 is 1.39 bits per heavy atom. The van der Waals surface area contributed by atoms with Gasteiger partial charge in [0.2, 0.25) is 0 Å². The molecule has 4 rings (SSSR count). The van der Waals surface area contributed by atoms with Crippen LogP contribution in [0.4, 0.5) is 0 Å². The van der Waals surface area contributed by atoms with Crippen molar-refractivity contribution in [2.24, 2.45) is 0 Å². The van der Waals surface area contributed by atoms with Crippen LogP contribution in [0.25, 0.3) is 11.0 Å². The van der Waals surface area contributed by atoms with E-state index >= 15 is 0 Å². The summed E-state index contributed by atoms with van der Waals surface area (Å²) in [6, 6.07) is 3.29. The van der Waals surface area contributed by atoms with Crippen molar-refractivity contribution in [3.05, 3.63) is 38.7 Å². The van der Waals surface area contributed by atoms with Crippen LogP contribution in [0.5, 0.6) is 5.75 Å². The van der Waals surface area contributed by atoms with Crippen LogP contribution in [-0.2, 0) is 11.3 Å². The lowest BCUT2D eigenvalue weighted by molar-refractivity contribution is 0.0281. The zero-order valence-electron chi connectivity index (χ0n) is 12.9. The molecule has 0 N–H and O–H groups in total. The largest absolute Gasteiger partial charge is 0.476 e. The van der Waals surface area contributed by atoms with Gasteiger partial charge in [-0.1, -0.05) is 11.6 Å². The minimum absolute atomic E-state index is 0.249. The molecule has 0 saturated carbocycles. The van der Waals surface area contributed by atoms with Crippen LogP contribution in [0.15, 0.2) is 21.3 Å². The molecule has 1 fully saturated rings. The number of aryl methyl sites for hydroxylation is 1. The van der Waals surface area contributed by atoms with Crippen LogP contribution >= 0.6 is 11.6 Å². The zero-order valence-corrected chi connectivity index (χ0v) is 13.7. The van der Waals surface area contributed by atoms with Gasteiger partial charge in [0.25, 0.3) is 0 Å². The van der Waals surface area contributed by atoms with E-state index in [1.165, 1.54) is 6.07 Å². The van der Waals surface area contributed by atoms with Crippen molar-refractivity contribution in [2.45, 2.75) is 32.4 Å². The molecule has 1 aromatic carbocycles. The fourth-order valence-electron chi connectivity index (χ4n) is 3.38. The molecule has 1 atom stereocenters. The fraction of sp³-hybridized carbons (Fsp3) is 0.471. The van der Waals surface area contributed by atoms with Crippen molar-refractivity contribution in [3.8, 4) is 5.75 Å². The fourth-order valence-corrected chi connectivity index (χ4v) is 3.66. The van der Waals surface area contributed by atoms with Crippen molar-refractivity contribution >= 4 is 22.6 Å². The van der Waals surface area contributed by atoms with E-state index in [1.807, 2.05) is 13.0 Å². The van der Waals surface area contributed by atoms with Crippen molar-refractivity contribution < 1.29 is 13.9 Å². The SMILES string of the molecule is Cc1cc(=O)oc2c3c(c(Cl)cc12)OCN(CC1CCCO1)C3. The highest BCUT2D eigenvalue weighted by Crippen LogP contribution is 2.39. The number of fused-ring (bicyclic) bond motifs is 3. The zero-order chi connectivity index (χ0) is 16.0. The van der Waals surface area contributed by atoms with Gasteiger partial charge in [-0.25, -0.2) is 4.79 Å². The average Bonchev–Trinajstić information content (AvgIpc) is 3.02. The molecular formula is C17H18ClNO4. The molecule has 0 aliphatic carbocycles. The molecule has 23 heavy (non-hydrogen) atoms. The summed E-state index contributed by atoms with van der Waals surface area (Å²) in [6.07, 6.45) is 2.44. The number of hydrogen-bond donors (Lipinski definition) is 0. The molecule has 2 aromatic rings. The first-order valence-corrected chi connectivity index (χ1v) is 8.22. The third-order valence-electron chi connectivity index (χ3n) is 4.50. The number of rotatable bonds is 2. The van der Waals surface area contributed by atoms with Crippen molar-refractivity contribution in [2.75, 3.05) is 19.9 Å². The first kappa shape index (κ1) is 15.0. The molecule has 0 radical (unpaired) electrons. The van der Waals surface area contributed by atoms with Crippen LogP contribution in [0.1, 0.15) is 24.0 Å². The smallest absolute Gasteiger partial charge is 0.336 e. The Labute approximate surface area is 138 Å². The molecule has 2 aliphatic heterocycles. The highest BCUT2D eigenvalue weighted by atomic mass is 35.5. The van der Waals surface area contributed by atoms with Crippen LogP contribution < -0.4 is 10.4 Å². The Bertz CT molecular complexity index is 810. The lowest BCUT2D eigenvalue weighted by atomic mass is 10.0. The van der Waals surface area contributed by atoms with E-state index in [0.717, 1.165) is 42.5 Å². The van der Waals surface area contributed by atoms with Gasteiger partial charge < -0.3 is 13.9 Å². The number of nitrogens with zero attached hydrogens (tertiary/aromatic N) is 1. The molecule has 2 aliphatic rings. The Hall–Kier alpha value is -1.56. The van der Waals surface area contributed by atoms with Crippen LogP contribution in [0.2, 0.25) is 5.02 Å². The molecule has 5 nitrogen and oxygen atoms in total. The number of hydrogen-bond acceptors (Lipinski definition) is 5. The van der Waals surface area contributed by atoms with Gasteiger partial charge >= 0.3 is 5.63 Å². The van der Waals surface area contributed by atoms with E-state index in [-0.39, 0.29) is 11.7 Å². The van der Waals surface area contributed by atoms with Crippen LogP contribution in [0, 0.1) is 6.92 Å². The molecule has 3 heterocycles. The van der Waals surface area contributed by atoms with Crippen LogP contribution in [-0.4, -0.2) is 30.9 Å². The summed E-state index contributed by atoms with van der Waals surface area (Å²) in [5, 5.41) is 1.41. The molecule has 0 amide bonds. The van der Waals surface area contributed by atoms with Crippen molar-refractivity contribution in [3.63, 3.8) is 0 Å². The lowest BCUT2D eigenvalue weighted by Crippen LogP contribution is -2.37. The molecule has 6 heteroatoms. The highest BCUT2D eigenvalue weighted by molar-refractivity contribution is 6.33.